The maximum Gasteiger partial charge on any atom is 0.254 e. The number of benzene rings is 1. The zero-order valence-electron chi connectivity index (χ0n) is 13.8. The molecule has 0 aromatic heterocycles. The van der Waals surface area contributed by atoms with Crippen LogP contribution in [0.15, 0.2) is 18.2 Å². The lowest BCUT2D eigenvalue weighted by molar-refractivity contribution is 0.0683. The molecule has 0 radical (unpaired) electrons. The van der Waals surface area contributed by atoms with Gasteiger partial charge in [0.2, 0.25) is 0 Å². The molecular formula is C18H25NO3S. The van der Waals surface area contributed by atoms with E-state index in [9.17, 15) is 13.2 Å². The molecule has 1 aliphatic carbocycles. The highest BCUT2D eigenvalue weighted by Crippen LogP contribution is 2.27. The minimum absolute atomic E-state index is 0.0715. The first-order valence-electron chi connectivity index (χ1n) is 8.52. The van der Waals surface area contributed by atoms with Crippen LogP contribution in [0.5, 0.6) is 0 Å². The third-order valence-corrected chi connectivity index (χ3v) is 6.05. The van der Waals surface area contributed by atoms with Gasteiger partial charge in [0.15, 0.2) is 0 Å². The minimum Gasteiger partial charge on any atom is -0.338 e. The molecule has 0 saturated carbocycles. The maximum atomic E-state index is 13.0. The molecule has 1 aromatic carbocycles. The van der Waals surface area contributed by atoms with Crippen molar-refractivity contribution in [2.24, 2.45) is 5.92 Å². The predicted molar refractivity (Wildman–Crippen MR) is 91.4 cm³/mol. The van der Waals surface area contributed by atoms with Gasteiger partial charge in [-0.15, -0.1) is 0 Å². The Balaban J connectivity index is 1.78. The third-order valence-electron chi connectivity index (χ3n) is 4.97. The predicted octanol–water partition coefficient (Wildman–Crippen LogP) is 2.46. The number of rotatable bonds is 3. The molecule has 5 heteroatoms. The molecule has 0 N–H and O–H groups in total. The van der Waals surface area contributed by atoms with E-state index in [0.717, 1.165) is 44.2 Å². The molecule has 0 bridgehead atoms. The Kier molecular flexibility index (Phi) is 4.76. The molecule has 1 aromatic rings. The Hall–Kier alpha value is -1.36. The van der Waals surface area contributed by atoms with E-state index in [1.807, 2.05) is 17.0 Å². The number of likely N-dealkylation sites (tertiary alicyclic amines) is 1. The molecule has 0 spiro atoms. The Labute approximate surface area is 138 Å². The van der Waals surface area contributed by atoms with Gasteiger partial charge in [-0.3, -0.25) is 4.79 Å². The summed E-state index contributed by atoms with van der Waals surface area (Å²) in [4.78, 5) is 14.8. The van der Waals surface area contributed by atoms with E-state index in [1.54, 1.807) is 0 Å². The van der Waals surface area contributed by atoms with E-state index in [1.165, 1.54) is 23.8 Å². The van der Waals surface area contributed by atoms with Crippen molar-refractivity contribution in [3.63, 3.8) is 0 Å². The van der Waals surface area contributed by atoms with Crippen LogP contribution in [0.25, 0.3) is 0 Å². The normalized spacial score (nSPS) is 21.8. The van der Waals surface area contributed by atoms with Gasteiger partial charge in [-0.2, -0.15) is 0 Å². The van der Waals surface area contributed by atoms with Crippen molar-refractivity contribution in [2.75, 3.05) is 25.1 Å². The van der Waals surface area contributed by atoms with Gasteiger partial charge in [0.05, 0.1) is 5.75 Å². The molecule has 126 valence electrons. The van der Waals surface area contributed by atoms with Crippen molar-refractivity contribution in [3.05, 3.63) is 34.9 Å². The molecule has 23 heavy (non-hydrogen) atoms. The van der Waals surface area contributed by atoms with E-state index in [-0.39, 0.29) is 17.6 Å². The highest BCUT2D eigenvalue weighted by molar-refractivity contribution is 7.90. The second-order valence-corrected chi connectivity index (χ2v) is 9.19. The van der Waals surface area contributed by atoms with E-state index in [2.05, 4.69) is 6.07 Å². The number of nitrogens with zero attached hydrogens (tertiary/aromatic N) is 1. The molecule has 3 rings (SSSR count). The number of aryl methyl sites for hydroxylation is 1. The lowest BCUT2D eigenvalue weighted by Gasteiger charge is -2.33. The first kappa shape index (κ1) is 16.5. The summed E-state index contributed by atoms with van der Waals surface area (Å²) < 4.78 is 23.1. The average Bonchev–Trinajstić information content (AvgIpc) is 2.52. The largest absolute Gasteiger partial charge is 0.338 e. The van der Waals surface area contributed by atoms with Crippen molar-refractivity contribution < 1.29 is 13.2 Å². The molecule has 1 aliphatic heterocycles. The maximum absolute atomic E-state index is 13.0. The lowest BCUT2D eigenvalue weighted by Crippen LogP contribution is -2.42. The number of carbonyl (C=O) groups is 1. The molecular weight excluding hydrogens is 310 g/mol. The topological polar surface area (TPSA) is 54.5 Å². The average molecular weight is 335 g/mol. The van der Waals surface area contributed by atoms with Crippen LogP contribution >= 0.6 is 0 Å². The molecule has 4 nitrogen and oxygen atoms in total. The molecule has 1 heterocycles. The summed E-state index contributed by atoms with van der Waals surface area (Å²) in [5, 5.41) is 0. The van der Waals surface area contributed by atoms with Gasteiger partial charge in [-0.05, 0) is 61.6 Å². The van der Waals surface area contributed by atoms with Gasteiger partial charge in [-0.25, -0.2) is 8.42 Å². The summed E-state index contributed by atoms with van der Waals surface area (Å²) >= 11 is 0. The fourth-order valence-corrected chi connectivity index (χ4v) is 5.09. The van der Waals surface area contributed by atoms with Crippen molar-refractivity contribution in [2.45, 2.75) is 38.5 Å². The number of hydrogen-bond donors (Lipinski definition) is 0. The Bertz CT molecular complexity index is 696. The van der Waals surface area contributed by atoms with E-state index >= 15 is 0 Å². The molecule has 1 fully saturated rings. The van der Waals surface area contributed by atoms with Gasteiger partial charge >= 0.3 is 0 Å². The first-order chi connectivity index (χ1) is 10.9. The Morgan fingerprint density at radius 1 is 1.22 bits per heavy atom. The fourth-order valence-electron chi connectivity index (χ4n) is 3.97. The van der Waals surface area contributed by atoms with Crippen molar-refractivity contribution >= 4 is 15.7 Å². The van der Waals surface area contributed by atoms with Crippen LogP contribution in [0.2, 0.25) is 0 Å². The first-order valence-corrected chi connectivity index (χ1v) is 10.6. The number of hydrogen-bond acceptors (Lipinski definition) is 3. The molecule has 1 atom stereocenters. The van der Waals surface area contributed by atoms with Crippen molar-refractivity contribution in [3.8, 4) is 0 Å². The highest BCUT2D eigenvalue weighted by atomic mass is 32.2. The Morgan fingerprint density at radius 2 is 2.00 bits per heavy atom. The van der Waals surface area contributed by atoms with Crippen LogP contribution in [0.3, 0.4) is 0 Å². The second-order valence-electron chi connectivity index (χ2n) is 7.00. The molecule has 1 amide bonds. The Morgan fingerprint density at radius 3 is 2.78 bits per heavy atom. The van der Waals surface area contributed by atoms with Crippen LogP contribution < -0.4 is 0 Å². The van der Waals surface area contributed by atoms with Crippen LogP contribution in [0.1, 0.15) is 47.2 Å². The summed E-state index contributed by atoms with van der Waals surface area (Å²) in [6.07, 6.45) is 7.45. The number of carbonyl (C=O) groups excluding carboxylic acids is 1. The monoisotopic (exact) mass is 335 g/mol. The lowest BCUT2D eigenvalue weighted by atomic mass is 9.87. The summed E-state index contributed by atoms with van der Waals surface area (Å²) in [5.41, 5.74) is 3.36. The van der Waals surface area contributed by atoms with Gasteiger partial charge in [-0.1, -0.05) is 12.1 Å². The van der Waals surface area contributed by atoms with E-state index in [0.29, 0.717) is 6.54 Å². The highest BCUT2D eigenvalue weighted by Gasteiger charge is 2.28. The summed E-state index contributed by atoms with van der Waals surface area (Å²) in [5.74, 6) is 0.341. The number of fused-ring (bicyclic) bond motifs is 1. The van der Waals surface area contributed by atoms with Gasteiger partial charge in [0, 0.05) is 24.9 Å². The van der Waals surface area contributed by atoms with Crippen LogP contribution in [-0.4, -0.2) is 44.3 Å². The molecule has 2 aliphatic rings. The zero-order chi connectivity index (χ0) is 16.4. The standard InChI is InChI=1S/C18H25NO3S/c1-23(21,22)13-14-6-5-11-19(12-14)18(20)17-10-4-8-15-7-2-3-9-16(15)17/h4,8,10,14H,2-3,5-7,9,11-13H2,1H3/t14-/m0/s1. The third kappa shape index (κ3) is 3.94. The number of amides is 1. The summed E-state index contributed by atoms with van der Waals surface area (Å²) in [6, 6.07) is 6.05. The summed E-state index contributed by atoms with van der Waals surface area (Å²) in [7, 11) is -2.99. The smallest absolute Gasteiger partial charge is 0.254 e. The molecule has 1 saturated heterocycles. The van der Waals surface area contributed by atoms with Crippen LogP contribution in [0, 0.1) is 5.92 Å². The zero-order valence-corrected chi connectivity index (χ0v) is 14.6. The fraction of sp³-hybridized carbons (Fsp3) is 0.611. The minimum atomic E-state index is -2.99. The van der Waals surface area contributed by atoms with E-state index in [4.69, 9.17) is 0 Å². The van der Waals surface area contributed by atoms with Gasteiger partial charge < -0.3 is 4.90 Å². The van der Waals surface area contributed by atoms with Crippen LogP contribution in [-0.2, 0) is 22.7 Å². The second kappa shape index (κ2) is 6.63. The van der Waals surface area contributed by atoms with Crippen LogP contribution in [0.4, 0.5) is 0 Å². The van der Waals surface area contributed by atoms with Gasteiger partial charge in [0.1, 0.15) is 9.84 Å². The summed E-state index contributed by atoms with van der Waals surface area (Å²) in [6.45, 7) is 1.30. The molecule has 0 unspecified atom stereocenters. The van der Waals surface area contributed by atoms with Gasteiger partial charge in [0.25, 0.3) is 5.91 Å². The van der Waals surface area contributed by atoms with Crippen molar-refractivity contribution in [1.82, 2.24) is 4.90 Å². The quantitative estimate of drug-likeness (QED) is 0.853. The number of piperidine rings is 1. The van der Waals surface area contributed by atoms with E-state index < -0.39 is 9.84 Å². The van der Waals surface area contributed by atoms with Crippen molar-refractivity contribution in [1.29, 1.82) is 0 Å². The number of sulfone groups is 1. The SMILES string of the molecule is CS(=O)(=O)C[C@H]1CCCN(C(=O)c2cccc3c2CCCC3)C1.